The predicted molar refractivity (Wildman–Crippen MR) is 121 cm³/mol. The number of hydrogen-bond acceptors (Lipinski definition) is 5. The third kappa shape index (κ3) is 6.27. The first kappa shape index (κ1) is 21.3. The molecule has 3 aromatic rings. The minimum absolute atomic E-state index is 0.00547. The average Bonchev–Trinajstić information content (AvgIpc) is 3.15. The van der Waals surface area contributed by atoms with Crippen molar-refractivity contribution in [2.24, 2.45) is 0 Å². The normalized spacial score (nSPS) is 11.1. The van der Waals surface area contributed by atoms with Crippen LogP contribution in [0.15, 0.2) is 48.5 Å². The Hall–Kier alpha value is -2.44. The average molecular weight is 412 g/mol. The van der Waals surface area contributed by atoms with Gasteiger partial charge in [-0.25, -0.2) is 4.98 Å². The van der Waals surface area contributed by atoms with E-state index in [4.69, 9.17) is 4.74 Å². The first-order valence-electron chi connectivity index (χ1n) is 10.3. The van der Waals surface area contributed by atoms with Gasteiger partial charge in [-0.05, 0) is 50.2 Å². The lowest BCUT2D eigenvalue weighted by Crippen LogP contribution is -2.28. The summed E-state index contributed by atoms with van der Waals surface area (Å²) >= 11 is 1.70. The Morgan fingerprint density at radius 2 is 1.86 bits per heavy atom. The summed E-state index contributed by atoms with van der Waals surface area (Å²) in [7, 11) is 0. The van der Waals surface area contributed by atoms with Crippen LogP contribution in [0.2, 0.25) is 0 Å². The van der Waals surface area contributed by atoms with Gasteiger partial charge in [-0.1, -0.05) is 38.1 Å². The molecule has 2 aromatic carbocycles. The molecule has 3 rings (SSSR count). The van der Waals surface area contributed by atoms with Gasteiger partial charge in [-0.3, -0.25) is 4.79 Å². The number of carbonyl (C=O) groups excluding carboxylic acids is 1. The summed E-state index contributed by atoms with van der Waals surface area (Å²) in [5.74, 6) is 0.727. The number of rotatable bonds is 11. The number of fused-ring (bicyclic) bond motifs is 1. The molecule has 0 aliphatic rings. The monoisotopic (exact) mass is 411 g/mol. The van der Waals surface area contributed by atoms with E-state index in [0.717, 1.165) is 54.4 Å². The van der Waals surface area contributed by atoms with Gasteiger partial charge in [0, 0.05) is 13.0 Å². The highest BCUT2D eigenvalue weighted by Gasteiger charge is 2.09. The molecule has 0 radical (unpaired) electrons. The van der Waals surface area contributed by atoms with Crippen LogP contribution in [-0.2, 0) is 11.2 Å². The van der Waals surface area contributed by atoms with E-state index in [1.807, 2.05) is 42.5 Å². The van der Waals surface area contributed by atoms with E-state index in [1.165, 1.54) is 4.70 Å². The summed E-state index contributed by atoms with van der Waals surface area (Å²) in [6.07, 6.45) is 2.05. The summed E-state index contributed by atoms with van der Waals surface area (Å²) in [4.78, 5) is 19.4. The quantitative estimate of drug-likeness (QED) is 0.484. The Bertz CT molecular complexity index is 888. The number of thiazole rings is 1. The first-order valence-corrected chi connectivity index (χ1v) is 11.1. The number of nitrogens with zero attached hydrogens (tertiary/aromatic N) is 2. The predicted octanol–water partition coefficient (Wildman–Crippen LogP) is 4.98. The fraction of sp³-hybridized carbons (Fsp3) is 0.391. The van der Waals surface area contributed by atoms with Crippen molar-refractivity contribution in [2.75, 3.05) is 31.6 Å². The minimum Gasteiger partial charge on any atom is -0.490 e. The Balaban J connectivity index is 1.47. The molecule has 6 heteroatoms. The van der Waals surface area contributed by atoms with E-state index in [0.29, 0.717) is 13.0 Å². The number of para-hydroxylation sites is 3. The van der Waals surface area contributed by atoms with Gasteiger partial charge in [-0.15, -0.1) is 11.3 Å². The third-order valence-corrected chi connectivity index (χ3v) is 5.95. The second kappa shape index (κ2) is 10.9. The summed E-state index contributed by atoms with van der Waals surface area (Å²) in [5.41, 5.74) is 1.77. The Morgan fingerprint density at radius 3 is 2.66 bits per heavy atom. The molecule has 0 saturated heterocycles. The van der Waals surface area contributed by atoms with Crippen molar-refractivity contribution in [3.63, 3.8) is 0 Å². The lowest BCUT2D eigenvalue weighted by Gasteiger charge is -2.19. The van der Waals surface area contributed by atoms with Crippen LogP contribution in [0.4, 0.5) is 5.69 Å². The second-order valence-corrected chi connectivity index (χ2v) is 7.96. The minimum atomic E-state index is 0.00547. The van der Waals surface area contributed by atoms with Gasteiger partial charge in [0.25, 0.3) is 0 Å². The molecule has 29 heavy (non-hydrogen) atoms. The van der Waals surface area contributed by atoms with Gasteiger partial charge in [0.2, 0.25) is 5.91 Å². The number of anilines is 1. The molecular weight excluding hydrogens is 382 g/mol. The maximum absolute atomic E-state index is 12.4. The zero-order valence-corrected chi connectivity index (χ0v) is 18.0. The van der Waals surface area contributed by atoms with Gasteiger partial charge in [0.05, 0.1) is 20.9 Å². The fourth-order valence-electron chi connectivity index (χ4n) is 3.16. The molecule has 0 fully saturated rings. The number of carbonyl (C=O) groups is 1. The zero-order valence-electron chi connectivity index (χ0n) is 17.2. The van der Waals surface area contributed by atoms with Crippen molar-refractivity contribution in [2.45, 2.75) is 33.1 Å². The summed E-state index contributed by atoms with van der Waals surface area (Å²) in [5, 5.41) is 4.08. The molecule has 0 bridgehead atoms. The summed E-state index contributed by atoms with van der Waals surface area (Å²) in [6.45, 7) is 7.78. The van der Waals surface area contributed by atoms with Crippen molar-refractivity contribution < 1.29 is 9.53 Å². The van der Waals surface area contributed by atoms with Crippen molar-refractivity contribution in [3.8, 4) is 5.75 Å². The highest BCUT2D eigenvalue weighted by molar-refractivity contribution is 7.18. The molecule has 1 N–H and O–H groups in total. The largest absolute Gasteiger partial charge is 0.490 e. The SMILES string of the molecule is CCN(CC)CCOc1ccccc1NC(=O)CCCc1nc2ccccc2s1. The highest BCUT2D eigenvalue weighted by Crippen LogP contribution is 2.25. The second-order valence-electron chi connectivity index (χ2n) is 6.85. The van der Waals surface area contributed by atoms with E-state index in [2.05, 4.69) is 35.1 Å². The molecule has 154 valence electrons. The number of benzene rings is 2. The number of aryl methyl sites for hydroxylation is 1. The Labute approximate surface area is 176 Å². The lowest BCUT2D eigenvalue weighted by molar-refractivity contribution is -0.116. The molecule has 0 saturated carbocycles. The molecule has 0 aliphatic heterocycles. The Morgan fingerprint density at radius 1 is 1.10 bits per heavy atom. The van der Waals surface area contributed by atoms with E-state index in [9.17, 15) is 4.79 Å². The molecule has 1 aromatic heterocycles. The molecule has 1 heterocycles. The molecule has 0 aliphatic carbocycles. The van der Waals surface area contributed by atoms with Gasteiger partial charge in [0.1, 0.15) is 12.4 Å². The van der Waals surface area contributed by atoms with E-state index < -0.39 is 0 Å². The van der Waals surface area contributed by atoms with E-state index in [1.54, 1.807) is 11.3 Å². The molecular formula is C23H29N3O2S. The van der Waals surface area contributed by atoms with Crippen molar-refractivity contribution in [3.05, 3.63) is 53.5 Å². The van der Waals surface area contributed by atoms with Crippen LogP contribution < -0.4 is 10.1 Å². The van der Waals surface area contributed by atoms with Crippen molar-refractivity contribution >= 4 is 33.1 Å². The number of nitrogens with one attached hydrogen (secondary N) is 1. The third-order valence-electron chi connectivity index (χ3n) is 4.85. The lowest BCUT2D eigenvalue weighted by atomic mass is 10.2. The number of hydrogen-bond donors (Lipinski definition) is 1. The number of amides is 1. The standard InChI is InChI=1S/C23H29N3O2S/c1-3-26(4-2)16-17-28-20-12-7-5-10-18(20)24-22(27)14-9-15-23-25-19-11-6-8-13-21(19)29-23/h5-8,10-13H,3-4,9,14-17H2,1-2H3,(H,24,27). The highest BCUT2D eigenvalue weighted by atomic mass is 32.1. The molecule has 5 nitrogen and oxygen atoms in total. The molecule has 0 unspecified atom stereocenters. The van der Waals surface area contributed by atoms with E-state index in [-0.39, 0.29) is 5.91 Å². The first-order chi connectivity index (χ1) is 14.2. The summed E-state index contributed by atoms with van der Waals surface area (Å²) in [6, 6.07) is 15.8. The summed E-state index contributed by atoms with van der Waals surface area (Å²) < 4.78 is 7.11. The van der Waals surface area contributed by atoms with Crippen LogP contribution in [0.3, 0.4) is 0 Å². The van der Waals surface area contributed by atoms with Crippen molar-refractivity contribution in [1.82, 2.24) is 9.88 Å². The van der Waals surface area contributed by atoms with E-state index >= 15 is 0 Å². The number of likely N-dealkylation sites (N-methyl/N-ethyl adjacent to an activating group) is 1. The van der Waals surface area contributed by atoms with Gasteiger partial charge >= 0.3 is 0 Å². The van der Waals surface area contributed by atoms with Crippen LogP contribution in [0.1, 0.15) is 31.7 Å². The van der Waals surface area contributed by atoms with Crippen LogP contribution in [0.5, 0.6) is 5.75 Å². The van der Waals surface area contributed by atoms with Gasteiger partial charge < -0.3 is 15.0 Å². The smallest absolute Gasteiger partial charge is 0.224 e. The van der Waals surface area contributed by atoms with Crippen LogP contribution in [0.25, 0.3) is 10.2 Å². The molecule has 1 amide bonds. The number of aromatic nitrogens is 1. The topological polar surface area (TPSA) is 54.5 Å². The fourth-order valence-corrected chi connectivity index (χ4v) is 4.17. The molecule has 0 atom stereocenters. The van der Waals surface area contributed by atoms with Crippen LogP contribution >= 0.6 is 11.3 Å². The van der Waals surface area contributed by atoms with Gasteiger partial charge in [-0.2, -0.15) is 0 Å². The molecule has 0 spiro atoms. The Kier molecular flexibility index (Phi) is 8.02. The van der Waals surface area contributed by atoms with Crippen LogP contribution in [-0.4, -0.2) is 42.0 Å². The maximum Gasteiger partial charge on any atom is 0.224 e. The van der Waals surface area contributed by atoms with Crippen LogP contribution in [0, 0.1) is 0 Å². The maximum atomic E-state index is 12.4. The zero-order chi connectivity index (χ0) is 20.5. The number of ether oxygens (including phenoxy) is 1. The van der Waals surface area contributed by atoms with Crippen molar-refractivity contribution in [1.29, 1.82) is 0 Å². The van der Waals surface area contributed by atoms with Gasteiger partial charge in [0.15, 0.2) is 0 Å².